The van der Waals surface area contributed by atoms with Gasteiger partial charge in [-0.25, -0.2) is 0 Å². The molecule has 2 fully saturated rings. The van der Waals surface area contributed by atoms with Crippen molar-refractivity contribution >= 4 is 5.97 Å². The van der Waals surface area contributed by atoms with Gasteiger partial charge in [-0.2, -0.15) is 4.57 Å². The van der Waals surface area contributed by atoms with Gasteiger partial charge in [-0.15, -0.1) is 0 Å². The number of ether oxygens (including phenoxy) is 1. The second-order valence-corrected chi connectivity index (χ2v) is 6.46. The second-order valence-electron chi connectivity index (χ2n) is 6.46. The molecule has 0 bridgehead atoms. The molecule has 9 nitrogen and oxygen atoms in total. The Morgan fingerprint density at radius 3 is 2.64 bits per heavy atom. The molecular formula is C16H24N2O7. The number of carboxylic acid groups (broad SMARTS) is 1. The molecule has 25 heavy (non-hydrogen) atoms. The molecule has 2 aliphatic rings. The molecule has 3 heterocycles. The fourth-order valence-corrected chi connectivity index (χ4v) is 3.50. The molecule has 1 aromatic rings. The molecule has 0 unspecified atom stereocenters. The molecule has 0 saturated carbocycles. The van der Waals surface area contributed by atoms with Gasteiger partial charge >= 0.3 is 0 Å². The van der Waals surface area contributed by atoms with Crippen LogP contribution in [0.1, 0.15) is 30.7 Å². The van der Waals surface area contributed by atoms with Crippen LogP contribution in [0.15, 0.2) is 24.5 Å². The van der Waals surface area contributed by atoms with Crippen molar-refractivity contribution in [2.75, 3.05) is 13.6 Å². The number of carbonyl (C=O) groups is 1. The zero-order valence-corrected chi connectivity index (χ0v) is 13.9. The standard InChI is InChI=1S/C16H22N2O6.H2O/c1-17-6-3-5-10(17)9-4-2-7-18(8-9)15-13(21)11(19)12(20)14(24-15)16(22)23;/h2,4,7-8,10-15,19-21H,3,5-6H2,1H3;1H2/t10-,11-,12-,13+,14-,15+;/m0./s1. The minimum atomic E-state index is -1.74. The van der Waals surface area contributed by atoms with E-state index in [1.165, 1.54) is 4.57 Å². The molecule has 0 aromatic carbocycles. The first kappa shape index (κ1) is 19.7. The highest BCUT2D eigenvalue weighted by molar-refractivity contribution is 5.71. The molecule has 140 valence electrons. The summed E-state index contributed by atoms with van der Waals surface area (Å²) in [5, 5.41) is 41.0. The zero-order chi connectivity index (χ0) is 17.4. The summed E-state index contributed by atoms with van der Waals surface area (Å²) in [6.07, 6.45) is -2.18. The van der Waals surface area contributed by atoms with Gasteiger partial charge in [-0.05, 0) is 32.5 Å². The van der Waals surface area contributed by atoms with E-state index in [0.29, 0.717) is 0 Å². The topological polar surface area (TPSA) is 149 Å². The van der Waals surface area contributed by atoms with Crippen LogP contribution in [0, 0.1) is 0 Å². The first-order chi connectivity index (χ1) is 11.4. The third-order valence-electron chi connectivity index (χ3n) is 4.86. The number of aromatic nitrogens is 1. The summed E-state index contributed by atoms with van der Waals surface area (Å²) in [4.78, 5) is 13.3. The van der Waals surface area contributed by atoms with Crippen molar-refractivity contribution in [1.82, 2.24) is 4.90 Å². The quantitative estimate of drug-likeness (QED) is 0.479. The molecule has 1 aromatic heterocycles. The largest absolute Gasteiger partial charge is 0.547 e. The molecule has 0 aliphatic carbocycles. The van der Waals surface area contributed by atoms with E-state index in [2.05, 4.69) is 4.90 Å². The third kappa shape index (κ3) is 3.66. The number of pyridine rings is 1. The molecule has 0 radical (unpaired) electrons. The van der Waals surface area contributed by atoms with Crippen LogP contribution in [0.3, 0.4) is 0 Å². The molecule has 0 spiro atoms. The van der Waals surface area contributed by atoms with E-state index in [9.17, 15) is 25.2 Å². The van der Waals surface area contributed by atoms with E-state index in [1.54, 1.807) is 18.5 Å². The van der Waals surface area contributed by atoms with Crippen LogP contribution in [-0.4, -0.2) is 69.7 Å². The molecule has 3 rings (SSSR count). The fraction of sp³-hybridized carbons (Fsp3) is 0.625. The Kier molecular flexibility index (Phi) is 6.09. The third-order valence-corrected chi connectivity index (χ3v) is 4.86. The average molecular weight is 356 g/mol. The highest BCUT2D eigenvalue weighted by Crippen LogP contribution is 2.30. The van der Waals surface area contributed by atoms with Crippen molar-refractivity contribution in [1.29, 1.82) is 0 Å². The van der Waals surface area contributed by atoms with Crippen molar-refractivity contribution in [3.63, 3.8) is 0 Å². The molecule has 9 heteroatoms. The van der Waals surface area contributed by atoms with E-state index in [4.69, 9.17) is 4.74 Å². The number of aliphatic hydroxyl groups excluding tert-OH is 3. The average Bonchev–Trinajstić information content (AvgIpc) is 2.99. The van der Waals surface area contributed by atoms with Crippen LogP contribution < -0.4 is 9.67 Å². The summed E-state index contributed by atoms with van der Waals surface area (Å²) in [5.74, 6) is -1.63. The van der Waals surface area contributed by atoms with Crippen LogP contribution >= 0.6 is 0 Å². The number of hydrogen-bond acceptors (Lipinski definition) is 7. The van der Waals surface area contributed by atoms with Gasteiger partial charge in [0.1, 0.15) is 18.3 Å². The molecular weight excluding hydrogens is 332 g/mol. The Morgan fingerprint density at radius 2 is 2.04 bits per heavy atom. The monoisotopic (exact) mass is 356 g/mol. The Hall–Kier alpha value is -1.62. The lowest BCUT2D eigenvalue weighted by molar-refractivity contribution is -0.777. The van der Waals surface area contributed by atoms with Crippen molar-refractivity contribution in [2.45, 2.75) is 49.5 Å². The summed E-state index contributed by atoms with van der Waals surface area (Å²) in [6.45, 7) is 1.000. The Balaban J connectivity index is 0.00000225. The Bertz CT molecular complexity index is 614. The number of carbonyl (C=O) groups excluding carboxylic acids is 1. The van der Waals surface area contributed by atoms with Gasteiger partial charge in [0.15, 0.2) is 18.5 Å². The summed E-state index contributed by atoms with van der Waals surface area (Å²) < 4.78 is 6.83. The maximum atomic E-state index is 11.1. The second kappa shape index (κ2) is 7.73. The van der Waals surface area contributed by atoms with Gasteiger partial charge in [0, 0.05) is 17.7 Å². The summed E-state index contributed by atoms with van der Waals surface area (Å²) in [6, 6.07) is 3.98. The first-order valence-corrected chi connectivity index (χ1v) is 8.01. The van der Waals surface area contributed by atoms with E-state index in [0.717, 1.165) is 24.9 Å². The number of aliphatic carboxylic acids is 1. The van der Waals surface area contributed by atoms with Gasteiger partial charge in [0.05, 0.1) is 5.97 Å². The van der Waals surface area contributed by atoms with Gasteiger partial charge in [-0.1, -0.05) is 0 Å². The normalized spacial score (nSPS) is 36.0. The van der Waals surface area contributed by atoms with Crippen molar-refractivity contribution in [3.05, 3.63) is 30.1 Å². The van der Waals surface area contributed by atoms with E-state index in [1.807, 2.05) is 13.1 Å². The highest BCUT2D eigenvalue weighted by Gasteiger charge is 2.48. The minimum absolute atomic E-state index is 0. The number of carboxylic acids is 1. The molecule has 2 aliphatic heterocycles. The maximum absolute atomic E-state index is 11.1. The summed E-state index contributed by atoms with van der Waals surface area (Å²) in [7, 11) is 2.03. The molecule has 2 saturated heterocycles. The van der Waals surface area contributed by atoms with Gasteiger partial charge in [0.25, 0.3) is 6.23 Å². The SMILES string of the molecule is CN1CCC[C@H]1c1ccc[n+]([C@@H]2O[C@H](C(=O)[O-])[C@@H](O)[C@H](O)[C@H]2O)c1.O. The van der Waals surface area contributed by atoms with Gasteiger partial charge in [0.2, 0.25) is 0 Å². The smallest absolute Gasteiger partial charge is 0.292 e. The van der Waals surface area contributed by atoms with Gasteiger partial charge in [-0.3, -0.25) is 4.90 Å². The zero-order valence-electron chi connectivity index (χ0n) is 13.9. The van der Waals surface area contributed by atoms with Crippen LogP contribution in [0.2, 0.25) is 0 Å². The van der Waals surface area contributed by atoms with Crippen molar-refractivity contribution in [2.24, 2.45) is 0 Å². The lowest BCUT2D eigenvalue weighted by Crippen LogP contribution is -2.65. The number of rotatable bonds is 3. The predicted molar refractivity (Wildman–Crippen MR) is 81.8 cm³/mol. The highest BCUT2D eigenvalue weighted by atomic mass is 16.6. The number of hydrogen-bond donors (Lipinski definition) is 3. The van der Waals surface area contributed by atoms with Crippen LogP contribution in [0.4, 0.5) is 0 Å². The van der Waals surface area contributed by atoms with E-state index >= 15 is 0 Å². The molecule has 0 amide bonds. The van der Waals surface area contributed by atoms with Gasteiger partial charge < -0.3 is 35.4 Å². The Morgan fingerprint density at radius 1 is 1.32 bits per heavy atom. The fourth-order valence-electron chi connectivity index (χ4n) is 3.50. The summed E-state index contributed by atoms with van der Waals surface area (Å²) in [5.41, 5.74) is 1.01. The Labute approximate surface area is 145 Å². The molecule has 6 atom stereocenters. The van der Waals surface area contributed by atoms with Crippen molar-refractivity contribution in [3.8, 4) is 0 Å². The lowest BCUT2D eigenvalue weighted by atomic mass is 9.97. The van der Waals surface area contributed by atoms with Crippen LogP contribution in [-0.2, 0) is 9.53 Å². The predicted octanol–water partition coefficient (Wildman–Crippen LogP) is -3.35. The van der Waals surface area contributed by atoms with Crippen LogP contribution in [0.25, 0.3) is 0 Å². The van der Waals surface area contributed by atoms with Crippen LogP contribution in [0.5, 0.6) is 0 Å². The molecule has 5 N–H and O–H groups in total. The number of aliphatic hydroxyl groups is 3. The van der Waals surface area contributed by atoms with E-state index < -0.39 is 36.6 Å². The number of likely N-dealkylation sites (tertiary alicyclic amines) is 1. The van der Waals surface area contributed by atoms with Crippen molar-refractivity contribution < 1.29 is 40.0 Å². The number of nitrogens with zero attached hydrogens (tertiary/aromatic N) is 2. The maximum Gasteiger partial charge on any atom is 0.292 e. The summed E-state index contributed by atoms with van der Waals surface area (Å²) >= 11 is 0. The lowest BCUT2D eigenvalue weighted by Gasteiger charge is -2.37. The first-order valence-electron chi connectivity index (χ1n) is 8.01. The minimum Gasteiger partial charge on any atom is -0.547 e. The van der Waals surface area contributed by atoms with E-state index in [-0.39, 0.29) is 11.5 Å².